The van der Waals surface area contributed by atoms with E-state index in [0.717, 1.165) is 25.2 Å². The molecule has 3 N–H and O–H groups in total. The summed E-state index contributed by atoms with van der Waals surface area (Å²) in [6, 6.07) is 9.28. The lowest BCUT2D eigenvalue weighted by molar-refractivity contribution is 0.0934. The second kappa shape index (κ2) is 9.78. The van der Waals surface area contributed by atoms with E-state index in [4.69, 9.17) is 4.42 Å². The number of hydrogen-bond donors (Lipinski definition) is 3. The van der Waals surface area contributed by atoms with Crippen molar-refractivity contribution in [3.8, 4) is 0 Å². The van der Waals surface area contributed by atoms with Gasteiger partial charge in [-0.3, -0.25) is 15.1 Å². The largest absolute Gasteiger partial charge is 0.466 e. The molecule has 0 saturated carbocycles. The van der Waals surface area contributed by atoms with Gasteiger partial charge in [0.2, 0.25) is 0 Å². The molecule has 1 heterocycles. The summed E-state index contributed by atoms with van der Waals surface area (Å²) in [5.41, 5.74) is 7.34. The lowest BCUT2D eigenvalue weighted by Crippen LogP contribution is -2.46. The molecule has 146 valence electrons. The molecule has 0 aliphatic heterocycles. The van der Waals surface area contributed by atoms with Crippen molar-refractivity contribution >= 4 is 11.9 Å². The van der Waals surface area contributed by atoms with Crippen LogP contribution in [-0.4, -0.2) is 29.9 Å². The summed E-state index contributed by atoms with van der Waals surface area (Å²) in [6.45, 7) is 11.1. The third-order valence-corrected chi connectivity index (χ3v) is 4.35. The molecule has 3 amide bonds. The Morgan fingerprint density at radius 2 is 1.63 bits per heavy atom. The minimum Gasteiger partial charge on any atom is -0.466 e. The normalized spacial score (nSPS) is 10.7. The summed E-state index contributed by atoms with van der Waals surface area (Å²) in [5, 5.41) is 2.71. The number of benzene rings is 1. The third kappa shape index (κ3) is 6.14. The lowest BCUT2D eigenvalue weighted by Gasteiger charge is -2.18. The number of rotatable bonds is 7. The van der Waals surface area contributed by atoms with Gasteiger partial charge < -0.3 is 9.73 Å². The number of carbonyl (C=O) groups excluding carboxylic acids is 2. The van der Waals surface area contributed by atoms with Gasteiger partial charge in [0, 0.05) is 13.1 Å². The first-order valence-corrected chi connectivity index (χ1v) is 9.14. The van der Waals surface area contributed by atoms with Crippen molar-refractivity contribution in [1.29, 1.82) is 0 Å². The van der Waals surface area contributed by atoms with Crippen molar-refractivity contribution in [3.05, 3.63) is 58.5 Å². The van der Waals surface area contributed by atoms with E-state index in [1.54, 1.807) is 19.9 Å². The van der Waals surface area contributed by atoms with Crippen LogP contribution in [0.25, 0.3) is 0 Å². The van der Waals surface area contributed by atoms with Gasteiger partial charge in [-0.15, -0.1) is 0 Å². The van der Waals surface area contributed by atoms with Crippen molar-refractivity contribution in [2.75, 3.05) is 13.1 Å². The van der Waals surface area contributed by atoms with Crippen LogP contribution in [0.3, 0.4) is 0 Å². The summed E-state index contributed by atoms with van der Waals surface area (Å²) in [4.78, 5) is 26.2. The molecule has 0 aliphatic rings. The molecule has 1 aromatic heterocycles. The monoisotopic (exact) mass is 372 g/mol. The highest BCUT2D eigenvalue weighted by atomic mass is 16.3. The first-order valence-electron chi connectivity index (χ1n) is 9.14. The van der Waals surface area contributed by atoms with Gasteiger partial charge >= 0.3 is 6.03 Å². The highest BCUT2D eigenvalue weighted by Crippen LogP contribution is 2.13. The number of hydrazine groups is 1. The van der Waals surface area contributed by atoms with Crippen molar-refractivity contribution in [3.63, 3.8) is 0 Å². The van der Waals surface area contributed by atoms with Crippen molar-refractivity contribution in [1.82, 2.24) is 21.1 Å². The maximum atomic E-state index is 12.0. The Labute approximate surface area is 160 Å². The average molecular weight is 372 g/mol. The summed E-state index contributed by atoms with van der Waals surface area (Å²) < 4.78 is 5.30. The van der Waals surface area contributed by atoms with E-state index in [0.29, 0.717) is 23.6 Å². The Morgan fingerprint density at radius 3 is 2.19 bits per heavy atom. The topological polar surface area (TPSA) is 86.6 Å². The fourth-order valence-electron chi connectivity index (χ4n) is 2.73. The highest BCUT2D eigenvalue weighted by Gasteiger charge is 2.13. The first-order chi connectivity index (χ1) is 12.9. The van der Waals surface area contributed by atoms with E-state index in [2.05, 4.69) is 47.0 Å². The fraction of sp³-hybridized carbons (Fsp3) is 0.400. The summed E-state index contributed by atoms with van der Waals surface area (Å²) in [6.07, 6.45) is 0. The van der Waals surface area contributed by atoms with Gasteiger partial charge in [-0.2, -0.15) is 0 Å². The van der Waals surface area contributed by atoms with Crippen LogP contribution < -0.4 is 16.2 Å². The molecule has 0 atom stereocenters. The predicted molar refractivity (Wildman–Crippen MR) is 104 cm³/mol. The molecule has 2 aromatic rings. The number of carbonyl (C=O) groups is 2. The average Bonchev–Trinajstić information content (AvgIpc) is 3.01. The molecule has 0 fully saturated rings. The predicted octanol–water partition coefficient (Wildman–Crippen LogP) is 2.88. The number of furan rings is 1. The van der Waals surface area contributed by atoms with Gasteiger partial charge in [-0.1, -0.05) is 38.1 Å². The van der Waals surface area contributed by atoms with Gasteiger partial charge in [-0.25, -0.2) is 10.2 Å². The van der Waals surface area contributed by atoms with Crippen LogP contribution in [0.15, 0.2) is 34.7 Å². The molecular formula is C20H28N4O3. The molecule has 7 nitrogen and oxygen atoms in total. The summed E-state index contributed by atoms with van der Waals surface area (Å²) in [5.74, 6) is 0.740. The Balaban J connectivity index is 1.76. The number of hydrogen-bond acceptors (Lipinski definition) is 4. The molecule has 0 spiro atoms. The molecule has 27 heavy (non-hydrogen) atoms. The maximum Gasteiger partial charge on any atom is 0.333 e. The Morgan fingerprint density at radius 1 is 1.00 bits per heavy atom. The van der Waals surface area contributed by atoms with E-state index in [-0.39, 0.29) is 0 Å². The van der Waals surface area contributed by atoms with Gasteiger partial charge in [-0.05, 0) is 44.1 Å². The molecule has 7 heteroatoms. The van der Waals surface area contributed by atoms with E-state index in [9.17, 15) is 9.59 Å². The van der Waals surface area contributed by atoms with E-state index >= 15 is 0 Å². The van der Waals surface area contributed by atoms with Gasteiger partial charge in [0.25, 0.3) is 5.91 Å². The number of nitrogens with one attached hydrogen (secondary N) is 3. The second-order valence-corrected chi connectivity index (χ2v) is 6.37. The number of nitrogens with zero attached hydrogens (tertiary/aromatic N) is 1. The van der Waals surface area contributed by atoms with Crippen molar-refractivity contribution in [2.24, 2.45) is 0 Å². The van der Waals surface area contributed by atoms with Crippen LogP contribution in [-0.2, 0) is 13.1 Å². The van der Waals surface area contributed by atoms with E-state index in [1.807, 2.05) is 12.1 Å². The minimum absolute atomic E-state index is 0.372. The van der Waals surface area contributed by atoms with Crippen molar-refractivity contribution < 1.29 is 14.0 Å². The number of amides is 3. The number of aryl methyl sites for hydroxylation is 2. The quantitative estimate of drug-likeness (QED) is 0.652. The van der Waals surface area contributed by atoms with Crippen LogP contribution in [0.4, 0.5) is 4.79 Å². The maximum absolute atomic E-state index is 12.0. The SMILES string of the molecule is CCN(CC)Cc1ccc(CNC(=O)NNC(=O)c2cc(C)oc2C)cc1. The second-order valence-electron chi connectivity index (χ2n) is 6.37. The van der Waals surface area contributed by atoms with Crippen LogP contribution in [0.1, 0.15) is 46.9 Å². The third-order valence-electron chi connectivity index (χ3n) is 4.35. The molecule has 0 bridgehead atoms. The molecule has 0 radical (unpaired) electrons. The van der Waals surface area contributed by atoms with Crippen LogP contribution in [0, 0.1) is 13.8 Å². The Hall–Kier alpha value is -2.80. The smallest absolute Gasteiger partial charge is 0.333 e. The highest BCUT2D eigenvalue weighted by molar-refractivity contribution is 5.96. The Bertz CT molecular complexity index is 764. The minimum atomic E-state index is -0.478. The standard InChI is InChI=1S/C20H28N4O3/c1-5-24(6-2)13-17-9-7-16(8-10-17)12-21-20(26)23-22-19(25)18-11-14(3)27-15(18)4/h7-11H,5-6,12-13H2,1-4H3,(H,22,25)(H2,21,23,26). The first kappa shape index (κ1) is 20.5. The zero-order valence-electron chi connectivity index (χ0n) is 16.4. The molecular weight excluding hydrogens is 344 g/mol. The molecule has 0 aliphatic carbocycles. The Kier molecular flexibility index (Phi) is 7.43. The molecule has 0 saturated heterocycles. The fourth-order valence-corrected chi connectivity index (χ4v) is 2.73. The van der Waals surface area contributed by atoms with Gasteiger partial charge in [0.15, 0.2) is 0 Å². The molecule has 2 rings (SSSR count). The van der Waals surface area contributed by atoms with Gasteiger partial charge in [0.1, 0.15) is 11.5 Å². The van der Waals surface area contributed by atoms with Gasteiger partial charge in [0.05, 0.1) is 5.56 Å². The van der Waals surface area contributed by atoms with Crippen LogP contribution >= 0.6 is 0 Å². The summed E-state index contributed by atoms with van der Waals surface area (Å²) >= 11 is 0. The zero-order chi connectivity index (χ0) is 19.8. The molecule has 1 aromatic carbocycles. The van der Waals surface area contributed by atoms with E-state index in [1.165, 1.54) is 5.56 Å². The van der Waals surface area contributed by atoms with Crippen LogP contribution in [0.5, 0.6) is 0 Å². The lowest BCUT2D eigenvalue weighted by atomic mass is 10.1. The molecule has 0 unspecified atom stereocenters. The number of urea groups is 1. The zero-order valence-corrected chi connectivity index (χ0v) is 16.4. The summed E-state index contributed by atoms with van der Waals surface area (Å²) in [7, 11) is 0. The van der Waals surface area contributed by atoms with E-state index < -0.39 is 11.9 Å². The van der Waals surface area contributed by atoms with Crippen molar-refractivity contribution in [2.45, 2.75) is 40.8 Å². The van der Waals surface area contributed by atoms with Crippen LogP contribution in [0.2, 0.25) is 0 Å².